The molecule has 36 heavy (non-hydrogen) atoms. The molecular formula is C28H32ClN3O4. The smallest absolute Gasteiger partial charge is 0.407 e. The monoisotopic (exact) mass is 509 g/mol. The number of nitrogens with one attached hydrogen (secondary N) is 1. The fourth-order valence-corrected chi connectivity index (χ4v) is 4.84. The van der Waals surface area contributed by atoms with E-state index in [1.54, 1.807) is 24.8 Å². The molecule has 0 saturated heterocycles. The van der Waals surface area contributed by atoms with Gasteiger partial charge in [0, 0.05) is 36.4 Å². The van der Waals surface area contributed by atoms with Crippen LogP contribution >= 0.6 is 11.6 Å². The third-order valence-electron chi connectivity index (χ3n) is 6.39. The van der Waals surface area contributed by atoms with E-state index in [1.165, 1.54) is 0 Å². The first-order valence-corrected chi connectivity index (χ1v) is 12.2. The molecule has 7 nitrogen and oxygen atoms in total. The number of methoxy groups -OCH3 is 1. The number of nitrogens with zero attached hydrogens (tertiary/aromatic N) is 2. The van der Waals surface area contributed by atoms with Gasteiger partial charge in [0.25, 0.3) is 5.56 Å². The fourth-order valence-electron chi connectivity index (χ4n) is 4.71. The lowest BCUT2D eigenvalue weighted by atomic mass is 9.91. The molecule has 1 amide bonds. The molecule has 2 heterocycles. The van der Waals surface area contributed by atoms with E-state index < -0.39 is 11.7 Å². The van der Waals surface area contributed by atoms with Crippen molar-refractivity contribution >= 4 is 17.7 Å². The number of halogens is 1. The summed E-state index contributed by atoms with van der Waals surface area (Å²) in [4.78, 5) is 27.5. The first-order valence-electron chi connectivity index (χ1n) is 11.8. The van der Waals surface area contributed by atoms with Crippen LogP contribution in [0, 0.1) is 0 Å². The highest BCUT2D eigenvalue weighted by molar-refractivity contribution is 6.30. The van der Waals surface area contributed by atoms with Crippen molar-refractivity contribution in [2.45, 2.75) is 38.5 Å². The summed E-state index contributed by atoms with van der Waals surface area (Å²) in [5.74, 6) is 0.734. The standard InChI is InChI=1S/C28H32ClN3O4/c1-28(2,3)36-27(34)30-15-24-21-14-25(33)31(4)16-23(21)20-12-11-19(35-6)13-22(20)26(32(24)5)17-7-9-18(29)10-8-17/h7-14,16,24,26H,15H2,1-6H3,(H,30,34). The van der Waals surface area contributed by atoms with Crippen LogP contribution in [0.1, 0.15) is 49.5 Å². The van der Waals surface area contributed by atoms with Gasteiger partial charge >= 0.3 is 6.09 Å². The molecule has 1 N–H and O–H groups in total. The largest absolute Gasteiger partial charge is 0.497 e. The molecule has 3 aromatic rings. The van der Waals surface area contributed by atoms with Gasteiger partial charge < -0.3 is 19.4 Å². The Morgan fingerprint density at radius 3 is 2.36 bits per heavy atom. The molecule has 1 aliphatic heterocycles. The minimum absolute atomic E-state index is 0.121. The zero-order chi connectivity index (χ0) is 26.2. The summed E-state index contributed by atoms with van der Waals surface area (Å²) >= 11 is 6.21. The van der Waals surface area contributed by atoms with E-state index in [0.717, 1.165) is 33.6 Å². The van der Waals surface area contributed by atoms with Gasteiger partial charge in [0.1, 0.15) is 11.4 Å². The van der Waals surface area contributed by atoms with Crippen molar-refractivity contribution in [3.63, 3.8) is 0 Å². The van der Waals surface area contributed by atoms with E-state index in [0.29, 0.717) is 5.02 Å². The molecule has 0 aliphatic carbocycles. The molecule has 2 unspecified atom stereocenters. The van der Waals surface area contributed by atoms with Crippen LogP contribution in [0.15, 0.2) is 59.5 Å². The number of ether oxygens (including phenoxy) is 2. The molecule has 0 fully saturated rings. The number of aryl methyl sites for hydroxylation is 1. The molecular weight excluding hydrogens is 478 g/mol. The second-order valence-corrected chi connectivity index (χ2v) is 10.5. The Kier molecular flexibility index (Phi) is 7.16. The fraction of sp³-hybridized carbons (Fsp3) is 0.357. The molecule has 0 saturated carbocycles. The number of aromatic nitrogens is 1. The molecule has 190 valence electrons. The van der Waals surface area contributed by atoms with E-state index >= 15 is 0 Å². The van der Waals surface area contributed by atoms with Crippen molar-refractivity contribution in [1.82, 2.24) is 14.8 Å². The van der Waals surface area contributed by atoms with Crippen LogP contribution in [-0.2, 0) is 11.8 Å². The lowest BCUT2D eigenvalue weighted by molar-refractivity contribution is 0.0506. The van der Waals surface area contributed by atoms with E-state index in [4.69, 9.17) is 21.1 Å². The summed E-state index contributed by atoms with van der Waals surface area (Å²) in [7, 11) is 5.38. The normalized spacial score (nSPS) is 17.5. The highest BCUT2D eigenvalue weighted by atomic mass is 35.5. The van der Waals surface area contributed by atoms with Crippen LogP contribution in [0.3, 0.4) is 0 Å². The SMILES string of the molecule is COc1ccc2c(c1)C(c1ccc(Cl)cc1)N(C)C(CNC(=O)OC(C)(C)C)c1cc(=O)n(C)cc1-2. The van der Waals surface area contributed by atoms with Crippen LogP contribution in [0.5, 0.6) is 5.75 Å². The Balaban J connectivity index is 1.90. The predicted octanol–water partition coefficient (Wildman–Crippen LogP) is 5.31. The number of hydrogen-bond donors (Lipinski definition) is 1. The summed E-state index contributed by atoms with van der Waals surface area (Å²) in [6, 6.07) is 14.9. The summed E-state index contributed by atoms with van der Waals surface area (Å²) in [5, 5.41) is 3.56. The third kappa shape index (κ3) is 5.27. The van der Waals surface area contributed by atoms with E-state index in [1.807, 2.05) is 76.5 Å². The summed E-state index contributed by atoms with van der Waals surface area (Å²) < 4.78 is 12.6. The quantitative estimate of drug-likeness (QED) is 0.515. The predicted molar refractivity (Wildman–Crippen MR) is 142 cm³/mol. The van der Waals surface area contributed by atoms with Crippen molar-refractivity contribution in [3.05, 3.63) is 86.8 Å². The van der Waals surface area contributed by atoms with Crippen molar-refractivity contribution < 1.29 is 14.3 Å². The maximum atomic E-state index is 12.8. The van der Waals surface area contributed by atoms with Gasteiger partial charge in [-0.15, -0.1) is 0 Å². The average molecular weight is 510 g/mol. The Morgan fingerprint density at radius 1 is 1.03 bits per heavy atom. The number of carbonyl (C=O) groups excluding carboxylic acids is 1. The molecule has 1 aliphatic rings. The summed E-state index contributed by atoms with van der Waals surface area (Å²) in [6.45, 7) is 5.72. The number of benzene rings is 2. The number of hydrogen-bond acceptors (Lipinski definition) is 5. The number of fused-ring (bicyclic) bond motifs is 3. The van der Waals surface area contributed by atoms with Gasteiger partial charge in [-0.2, -0.15) is 0 Å². The molecule has 2 aromatic carbocycles. The number of pyridine rings is 1. The maximum Gasteiger partial charge on any atom is 0.407 e. The van der Waals surface area contributed by atoms with Gasteiger partial charge in [-0.25, -0.2) is 4.79 Å². The van der Waals surface area contributed by atoms with E-state index in [2.05, 4.69) is 10.2 Å². The topological polar surface area (TPSA) is 72.8 Å². The van der Waals surface area contributed by atoms with Gasteiger partial charge in [-0.1, -0.05) is 29.8 Å². The van der Waals surface area contributed by atoms with Gasteiger partial charge in [0.2, 0.25) is 0 Å². The lowest BCUT2D eigenvalue weighted by Crippen LogP contribution is -2.40. The Labute approximate surface area is 216 Å². The number of carbonyl (C=O) groups is 1. The van der Waals surface area contributed by atoms with Crippen molar-refractivity contribution in [1.29, 1.82) is 0 Å². The first-order chi connectivity index (χ1) is 17.0. The van der Waals surface area contributed by atoms with Crippen LogP contribution in [0.25, 0.3) is 11.1 Å². The molecule has 0 bridgehead atoms. The van der Waals surface area contributed by atoms with Crippen LogP contribution in [0.2, 0.25) is 5.02 Å². The van der Waals surface area contributed by atoms with E-state index in [-0.39, 0.29) is 24.2 Å². The van der Waals surface area contributed by atoms with Crippen molar-refractivity contribution in [3.8, 4) is 16.9 Å². The number of rotatable bonds is 4. The number of amides is 1. The second kappa shape index (κ2) is 9.99. The first kappa shape index (κ1) is 25.8. The minimum atomic E-state index is -0.619. The molecule has 2 atom stereocenters. The van der Waals surface area contributed by atoms with E-state index in [9.17, 15) is 9.59 Å². The Morgan fingerprint density at radius 2 is 1.72 bits per heavy atom. The third-order valence-corrected chi connectivity index (χ3v) is 6.64. The van der Waals surface area contributed by atoms with Crippen molar-refractivity contribution in [2.75, 3.05) is 20.7 Å². The summed E-state index contributed by atoms with van der Waals surface area (Å²) in [5.41, 5.74) is 4.06. The van der Waals surface area contributed by atoms with Gasteiger partial charge in [-0.3, -0.25) is 9.69 Å². The second-order valence-electron chi connectivity index (χ2n) is 10.1. The average Bonchev–Trinajstić information content (AvgIpc) is 2.90. The maximum absolute atomic E-state index is 12.8. The van der Waals surface area contributed by atoms with Crippen LogP contribution in [-0.4, -0.2) is 41.9 Å². The Bertz CT molecular complexity index is 1330. The van der Waals surface area contributed by atoms with Gasteiger partial charge in [-0.05, 0) is 74.3 Å². The lowest BCUT2D eigenvalue weighted by Gasteiger charge is -2.35. The van der Waals surface area contributed by atoms with Crippen LogP contribution < -0.4 is 15.6 Å². The molecule has 4 rings (SSSR count). The van der Waals surface area contributed by atoms with Crippen molar-refractivity contribution in [2.24, 2.45) is 7.05 Å². The highest BCUT2D eigenvalue weighted by Gasteiger charge is 2.35. The van der Waals surface area contributed by atoms with Gasteiger partial charge in [0.05, 0.1) is 19.2 Å². The molecule has 0 radical (unpaired) electrons. The molecule has 8 heteroatoms. The number of likely N-dealkylation sites (N-methyl/N-ethyl adjacent to an activating group) is 1. The van der Waals surface area contributed by atoms with Gasteiger partial charge in [0.15, 0.2) is 0 Å². The Hall–Kier alpha value is -3.29. The molecule has 1 aromatic heterocycles. The minimum Gasteiger partial charge on any atom is -0.497 e. The molecule has 0 spiro atoms. The number of alkyl carbamates (subject to hydrolysis) is 1. The van der Waals surface area contributed by atoms with Crippen LogP contribution in [0.4, 0.5) is 4.79 Å². The zero-order valence-corrected chi connectivity index (χ0v) is 22.2. The highest BCUT2D eigenvalue weighted by Crippen LogP contribution is 2.46. The zero-order valence-electron chi connectivity index (χ0n) is 21.5. The summed E-state index contributed by atoms with van der Waals surface area (Å²) in [6.07, 6.45) is 1.36.